The zero-order valence-electron chi connectivity index (χ0n) is 10.3. The highest BCUT2D eigenvalue weighted by Gasteiger charge is 2.59. The van der Waals surface area contributed by atoms with Crippen LogP contribution in [0.5, 0.6) is 0 Å². The first-order valence-electron chi connectivity index (χ1n) is 5.92. The first kappa shape index (κ1) is 14.2. The zero-order chi connectivity index (χ0) is 14.5. The Kier molecular flexibility index (Phi) is 3.12. The summed E-state index contributed by atoms with van der Waals surface area (Å²) < 4.78 is 63.6. The molecule has 106 valence electrons. The largest absolute Gasteiger partial charge is 0.458 e. The van der Waals surface area contributed by atoms with E-state index in [1.54, 1.807) is 13.0 Å². The molecule has 1 fully saturated rings. The fourth-order valence-corrected chi connectivity index (χ4v) is 2.33. The highest BCUT2D eigenvalue weighted by Crippen LogP contribution is 2.52. The lowest BCUT2D eigenvalue weighted by molar-refractivity contribution is -0.289. The Labute approximate surface area is 107 Å². The van der Waals surface area contributed by atoms with Crippen LogP contribution in [0.15, 0.2) is 24.3 Å². The van der Waals surface area contributed by atoms with Crippen molar-refractivity contribution in [3.8, 4) is 0 Å². The minimum Gasteiger partial charge on any atom is -0.327 e. The summed E-state index contributed by atoms with van der Waals surface area (Å²) in [6.45, 7) is 1.74. The van der Waals surface area contributed by atoms with Crippen LogP contribution in [0.2, 0.25) is 0 Å². The second-order valence-corrected chi connectivity index (χ2v) is 5.10. The van der Waals surface area contributed by atoms with Crippen molar-refractivity contribution in [1.29, 1.82) is 0 Å². The maximum absolute atomic E-state index is 13.3. The van der Waals surface area contributed by atoms with E-state index in [4.69, 9.17) is 5.73 Å². The van der Waals surface area contributed by atoms with Gasteiger partial charge >= 0.3 is 12.1 Å². The van der Waals surface area contributed by atoms with Gasteiger partial charge in [0, 0.05) is 17.0 Å². The first-order chi connectivity index (χ1) is 8.61. The topological polar surface area (TPSA) is 26.0 Å². The molecule has 1 aromatic carbocycles. The maximum atomic E-state index is 13.3. The number of halogens is 5. The molecule has 0 aromatic heterocycles. The molecule has 0 spiro atoms. The van der Waals surface area contributed by atoms with Crippen molar-refractivity contribution in [2.24, 2.45) is 5.73 Å². The van der Waals surface area contributed by atoms with Crippen LogP contribution in [0.4, 0.5) is 22.0 Å². The summed E-state index contributed by atoms with van der Waals surface area (Å²) in [6, 6.07) is 4.25. The van der Waals surface area contributed by atoms with Crippen molar-refractivity contribution in [3.05, 3.63) is 35.4 Å². The molecular weight excluding hydrogens is 265 g/mol. The monoisotopic (exact) mass is 279 g/mol. The lowest BCUT2D eigenvalue weighted by atomic mass is 9.88. The molecule has 1 aromatic rings. The molecule has 6 heteroatoms. The number of benzene rings is 1. The van der Waals surface area contributed by atoms with Crippen LogP contribution in [-0.2, 0) is 11.3 Å². The van der Waals surface area contributed by atoms with E-state index >= 15 is 0 Å². The lowest BCUT2D eigenvalue weighted by Gasteiger charge is -2.24. The molecule has 0 bridgehead atoms. The van der Waals surface area contributed by atoms with E-state index in [1.807, 2.05) is 0 Å². The van der Waals surface area contributed by atoms with Gasteiger partial charge in [-0.25, -0.2) is 0 Å². The van der Waals surface area contributed by atoms with E-state index < -0.39 is 23.1 Å². The predicted molar refractivity (Wildman–Crippen MR) is 61.0 cm³/mol. The third-order valence-corrected chi connectivity index (χ3v) is 3.82. The van der Waals surface area contributed by atoms with Gasteiger partial charge in [0.1, 0.15) is 0 Å². The highest BCUT2D eigenvalue weighted by atomic mass is 19.4. The van der Waals surface area contributed by atoms with Crippen molar-refractivity contribution < 1.29 is 22.0 Å². The Balaban J connectivity index is 2.41. The van der Waals surface area contributed by atoms with Crippen molar-refractivity contribution >= 4 is 0 Å². The van der Waals surface area contributed by atoms with Crippen molar-refractivity contribution in [3.63, 3.8) is 0 Å². The number of rotatable bonds is 3. The number of hydrogen-bond acceptors (Lipinski definition) is 1. The van der Waals surface area contributed by atoms with Crippen LogP contribution in [0.3, 0.4) is 0 Å². The van der Waals surface area contributed by atoms with E-state index in [-0.39, 0.29) is 6.04 Å². The van der Waals surface area contributed by atoms with Gasteiger partial charge in [0.05, 0.1) is 0 Å². The molecule has 0 radical (unpaired) electrons. The standard InChI is InChI=1S/C13H14F5N/c1-8(19)11(5-6-11)9-3-2-4-10(7-9)12(14,15)13(16,17)18/h2-4,7-8H,5-6,19H2,1H3. The van der Waals surface area contributed by atoms with Crippen molar-refractivity contribution in [1.82, 2.24) is 0 Å². The fourth-order valence-electron chi connectivity index (χ4n) is 2.33. The van der Waals surface area contributed by atoms with Crippen molar-refractivity contribution in [2.45, 2.75) is 43.3 Å². The zero-order valence-corrected chi connectivity index (χ0v) is 10.3. The molecule has 1 saturated carbocycles. The molecule has 2 N–H and O–H groups in total. The van der Waals surface area contributed by atoms with Crippen LogP contribution >= 0.6 is 0 Å². The second kappa shape index (κ2) is 4.16. The van der Waals surface area contributed by atoms with Crippen LogP contribution in [0.25, 0.3) is 0 Å². The van der Waals surface area contributed by atoms with Gasteiger partial charge < -0.3 is 5.73 Å². The summed E-state index contributed by atoms with van der Waals surface area (Å²) in [5.74, 6) is -4.84. The Morgan fingerprint density at radius 3 is 2.16 bits per heavy atom. The molecule has 0 amide bonds. The Morgan fingerprint density at radius 1 is 1.16 bits per heavy atom. The molecule has 1 atom stereocenters. The SMILES string of the molecule is CC(N)C1(c2cccc(C(F)(F)C(F)(F)F)c2)CC1. The van der Waals surface area contributed by atoms with Crippen LogP contribution in [-0.4, -0.2) is 12.2 Å². The third kappa shape index (κ3) is 2.22. The number of hydrogen-bond donors (Lipinski definition) is 1. The Bertz CT molecular complexity index is 474. The number of alkyl halides is 5. The van der Waals surface area contributed by atoms with Crippen LogP contribution in [0.1, 0.15) is 30.9 Å². The number of nitrogens with two attached hydrogens (primary N) is 1. The van der Waals surface area contributed by atoms with Crippen LogP contribution < -0.4 is 5.73 Å². The smallest absolute Gasteiger partial charge is 0.327 e. The van der Waals surface area contributed by atoms with Gasteiger partial charge in [-0.1, -0.05) is 18.2 Å². The Morgan fingerprint density at radius 2 is 1.74 bits per heavy atom. The van der Waals surface area contributed by atoms with Gasteiger partial charge in [0.2, 0.25) is 0 Å². The van der Waals surface area contributed by atoms with Gasteiger partial charge in [-0.05, 0) is 31.4 Å². The fraction of sp³-hybridized carbons (Fsp3) is 0.538. The minimum absolute atomic E-state index is 0.276. The molecule has 0 heterocycles. The van der Waals surface area contributed by atoms with E-state index in [1.165, 1.54) is 6.07 Å². The average Bonchev–Trinajstić information content (AvgIpc) is 3.08. The average molecular weight is 279 g/mol. The highest BCUT2D eigenvalue weighted by molar-refractivity contribution is 5.38. The molecule has 0 aliphatic heterocycles. The van der Waals surface area contributed by atoms with Gasteiger partial charge in [-0.3, -0.25) is 0 Å². The molecule has 19 heavy (non-hydrogen) atoms. The predicted octanol–water partition coefficient (Wildman–Crippen LogP) is 3.72. The van der Waals surface area contributed by atoms with E-state index in [2.05, 4.69) is 0 Å². The third-order valence-electron chi connectivity index (χ3n) is 3.82. The normalized spacial score (nSPS) is 20.2. The van der Waals surface area contributed by atoms with E-state index in [0.29, 0.717) is 18.4 Å². The minimum atomic E-state index is -5.59. The maximum Gasteiger partial charge on any atom is 0.458 e. The van der Waals surface area contributed by atoms with Gasteiger partial charge in [0.25, 0.3) is 0 Å². The molecule has 1 aliphatic rings. The van der Waals surface area contributed by atoms with Gasteiger partial charge in [-0.2, -0.15) is 22.0 Å². The molecule has 0 saturated heterocycles. The molecule has 2 rings (SSSR count). The van der Waals surface area contributed by atoms with Crippen LogP contribution in [0, 0.1) is 0 Å². The summed E-state index contributed by atoms with van der Waals surface area (Å²) >= 11 is 0. The summed E-state index contributed by atoms with van der Waals surface area (Å²) in [5, 5.41) is 0. The molecular formula is C13H14F5N. The quantitative estimate of drug-likeness (QED) is 0.838. The second-order valence-electron chi connectivity index (χ2n) is 5.10. The Hall–Kier alpha value is -1.17. The lowest BCUT2D eigenvalue weighted by Crippen LogP contribution is -2.35. The molecule has 1 aliphatic carbocycles. The molecule has 1 unspecified atom stereocenters. The van der Waals surface area contributed by atoms with E-state index in [0.717, 1.165) is 12.1 Å². The summed E-state index contributed by atoms with van der Waals surface area (Å²) in [4.78, 5) is 0. The summed E-state index contributed by atoms with van der Waals surface area (Å²) in [7, 11) is 0. The summed E-state index contributed by atoms with van der Waals surface area (Å²) in [6.07, 6.45) is -4.16. The molecule has 1 nitrogen and oxygen atoms in total. The van der Waals surface area contributed by atoms with Crippen molar-refractivity contribution in [2.75, 3.05) is 0 Å². The first-order valence-corrected chi connectivity index (χ1v) is 5.92. The summed E-state index contributed by atoms with van der Waals surface area (Å²) in [5.41, 5.74) is 4.79. The van der Waals surface area contributed by atoms with E-state index in [9.17, 15) is 22.0 Å². The van der Waals surface area contributed by atoms with Gasteiger partial charge in [0.15, 0.2) is 0 Å². The van der Waals surface area contributed by atoms with Gasteiger partial charge in [-0.15, -0.1) is 0 Å².